The van der Waals surface area contributed by atoms with Crippen LogP contribution in [-0.2, 0) is 13.5 Å². The van der Waals surface area contributed by atoms with Gasteiger partial charge < -0.3 is 15.0 Å². The van der Waals surface area contributed by atoms with Gasteiger partial charge >= 0.3 is 0 Å². The van der Waals surface area contributed by atoms with Gasteiger partial charge in [0.25, 0.3) is 11.5 Å². The van der Waals surface area contributed by atoms with Gasteiger partial charge in [-0.15, -0.1) is 11.3 Å². The molecule has 6 heteroatoms. The minimum absolute atomic E-state index is 0.234. The van der Waals surface area contributed by atoms with Gasteiger partial charge in [0.05, 0.1) is 10.2 Å². The molecule has 3 aromatic rings. The first kappa shape index (κ1) is 15.3. The molecule has 0 bridgehead atoms. The molecule has 0 radical (unpaired) electrons. The lowest BCUT2D eigenvalue weighted by Gasteiger charge is -2.10. The molecular weight excluding hydrogens is 312 g/mol. The summed E-state index contributed by atoms with van der Waals surface area (Å²) in [7, 11) is 1.59. The van der Waals surface area contributed by atoms with E-state index < -0.39 is 11.5 Å². The molecule has 0 spiro atoms. The minimum atomic E-state index is -0.609. The zero-order chi connectivity index (χ0) is 16.6. The van der Waals surface area contributed by atoms with Crippen LogP contribution in [0.4, 0.5) is 5.69 Å². The number of nitrogens with zero attached hydrogens (tertiary/aromatic N) is 1. The number of carbonyl (C=O) groups is 1. The first-order valence-corrected chi connectivity index (χ1v) is 8.10. The van der Waals surface area contributed by atoms with Crippen LogP contribution in [0.25, 0.3) is 10.2 Å². The molecule has 118 valence electrons. The Hall–Kier alpha value is -2.60. The molecule has 0 unspecified atom stereocenters. The van der Waals surface area contributed by atoms with Gasteiger partial charge in [0.2, 0.25) is 0 Å². The van der Waals surface area contributed by atoms with E-state index >= 15 is 0 Å². The number of benzene rings is 1. The smallest absolute Gasteiger partial charge is 0.267 e. The summed E-state index contributed by atoms with van der Waals surface area (Å²) in [6.07, 6.45) is 0.907. The van der Waals surface area contributed by atoms with Crippen molar-refractivity contribution in [3.05, 3.63) is 57.2 Å². The van der Waals surface area contributed by atoms with E-state index in [9.17, 15) is 14.7 Å². The Balaban J connectivity index is 2.02. The first-order valence-electron chi connectivity index (χ1n) is 7.22. The molecule has 0 aliphatic rings. The van der Waals surface area contributed by atoms with Crippen LogP contribution in [0.5, 0.6) is 5.75 Å². The lowest BCUT2D eigenvalue weighted by atomic mass is 10.1. The van der Waals surface area contributed by atoms with Crippen molar-refractivity contribution in [1.29, 1.82) is 0 Å². The van der Waals surface area contributed by atoms with Gasteiger partial charge in [-0.2, -0.15) is 0 Å². The maximum absolute atomic E-state index is 12.4. The van der Waals surface area contributed by atoms with Crippen molar-refractivity contribution >= 4 is 33.1 Å². The molecule has 2 N–H and O–H groups in total. The average Bonchev–Trinajstić information content (AvgIpc) is 3.04. The molecule has 23 heavy (non-hydrogen) atoms. The highest BCUT2D eigenvalue weighted by atomic mass is 32.1. The Bertz CT molecular complexity index is 939. The number of anilines is 1. The molecule has 2 heterocycles. The van der Waals surface area contributed by atoms with E-state index in [2.05, 4.69) is 5.32 Å². The average molecular weight is 328 g/mol. The largest absolute Gasteiger partial charge is 0.505 e. The number of fused-ring (bicyclic) bond motifs is 1. The number of hydrogen-bond donors (Lipinski definition) is 2. The lowest BCUT2D eigenvalue weighted by molar-refractivity contribution is 0.102. The van der Waals surface area contributed by atoms with E-state index in [0.29, 0.717) is 15.9 Å². The van der Waals surface area contributed by atoms with Crippen molar-refractivity contribution in [2.24, 2.45) is 7.05 Å². The third-order valence-corrected chi connectivity index (χ3v) is 4.73. The normalized spacial score (nSPS) is 10.9. The quantitative estimate of drug-likeness (QED) is 0.776. The number of carbonyl (C=O) groups excluding carboxylic acids is 1. The van der Waals surface area contributed by atoms with Crippen molar-refractivity contribution in [2.45, 2.75) is 13.3 Å². The van der Waals surface area contributed by atoms with Crippen molar-refractivity contribution in [3.63, 3.8) is 0 Å². The number of aromatic nitrogens is 1. The van der Waals surface area contributed by atoms with E-state index in [0.717, 1.165) is 12.0 Å². The van der Waals surface area contributed by atoms with Gasteiger partial charge in [-0.05, 0) is 35.6 Å². The molecule has 1 amide bonds. The van der Waals surface area contributed by atoms with Gasteiger partial charge in [0.15, 0.2) is 5.75 Å². The molecule has 1 aromatic carbocycles. The molecule has 2 aromatic heterocycles. The second-order valence-corrected chi connectivity index (χ2v) is 6.14. The molecular formula is C17H16N2O3S. The maximum atomic E-state index is 12.4. The molecule has 0 aliphatic heterocycles. The molecule has 3 rings (SSSR count). The summed E-state index contributed by atoms with van der Waals surface area (Å²) in [5.41, 5.74) is 1.60. The zero-order valence-corrected chi connectivity index (χ0v) is 13.6. The van der Waals surface area contributed by atoms with E-state index in [1.807, 2.05) is 19.1 Å². The summed E-state index contributed by atoms with van der Waals surface area (Å²) in [6, 6.07) is 9.13. The number of thiophene rings is 1. The monoisotopic (exact) mass is 328 g/mol. The standard InChI is InChI=1S/C17H16N2O3S/c1-3-10-4-6-11(7-5-10)18-16(21)13-14(20)15-12(8-9-23-15)19(2)17(13)22/h4-9,20H,3H2,1-2H3,(H,18,21). The van der Waals surface area contributed by atoms with Gasteiger partial charge in [0, 0.05) is 12.7 Å². The Morgan fingerprint density at radius 1 is 1.26 bits per heavy atom. The SMILES string of the molecule is CCc1ccc(NC(=O)c2c(O)c3sccc3n(C)c2=O)cc1. The fraction of sp³-hybridized carbons (Fsp3) is 0.176. The van der Waals surface area contributed by atoms with Gasteiger partial charge in [-0.25, -0.2) is 0 Å². The predicted molar refractivity (Wildman–Crippen MR) is 92.5 cm³/mol. The van der Waals surface area contributed by atoms with Crippen LogP contribution >= 0.6 is 11.3 Å². The first-order chi connectivity index (χ1) is 11.0. The van der Waals surface area contributed by atoms with Crippen molar-refractivity contribution < 1.29 is 9.90 Å². The van der Waals surface area contributed by atoms with E-state index in [4.69, 9.17) is 0 Å². The number of aromatic hydroxyl groups is 1. The second-order valence-electron chi connectivity index (χ2n) is 5.23. The summed E-state index contributed by atoms with van der Waals surface area (Å²) < 4.78 is 1.90. The third-order valence-electron chi connectivity index (χ3n) is 3.82. The van der Waals surface area contributed by atoms with Gasteiger partial charge in [0.1, 0.15) is 5.56 Å². The van der Waals surface area contributed by atoms with Gasteiger partial charge in [-0.3, -0.25) is 9.59 Å². The Labute approximate surface area is 136 Å². The Morgan fingerprint density at radius 2 is 1.96 bits per heavy atom. The van der Waals surface area contributed by atoms with Crippen LogP contribution < -0.4 is 10.9 Å². The molecule has 0 saturated heterocycles. The summed E-state index contributed by atoms with van der Waals surface area (Å²) >= 11 is 1.29. The maximum Gasteiger partial charge on any atom is 0.267 e. The number of rotatable bonds is 3. The van der Waals surface area contributed by atoms with E-state index in [-0.39, 0.29) is 11.3 Å². The molecule has 5 nitrogen and oxygen atoms in total. The summed E-state index contributed by atoms with van der Waals surface area (Å²) in [4.78, 5) is 24.8. The summed E-state index contributed by atoms with van der Waals surface area (Å²) in [5, 5.41) is 14.8. The van der Waals surface area contributed by atoms with Crippen molar-refractivity contribution in [3.8, 4) is 5.75 Å². The van der Waals surface area contributed by atoms with Crippen molar-refractivity contribution in [2.75, 3.05) is 5.32 Å². The van der Waals surface area contributed by atoms with Crippen molar-refractivity contribution in [1.82, 2.24) is 4.57 Å². The van der Waals surface area contributed by atoms with Crippen LogP contribution in [0.2, 0.25) is 0 Å². The molecule has 0 fully saturated rings. The minimum Gasteiger partial charge on any atom is -0.505 e. The van der Waals surface area contributed by atoms with Gasteiger partial charge in [-0.1, -0.05) is 19.1 Å². The zero-order valence-electron chi connectivity index (χ0n) is 12.8. The lowest BCUT2D eigenvalue weighted by Crippen LogP contribution is -2.27. The number of aryl methyl sites for hydroxylation is 2. The highest BCUT2D eigenvalue weighted by Crippen LogP contribution is 2.31. The van der Waals surface area contributed by atoms with Crippen LogP contribution in [0.1, 0.15) is 22.8 Å². The molecule has 0 saturated carbocycles. The van der Waals surface area contributed by atoms with Crippen LogP contribution in [-0.4, -0.2) is 15.6 Å². The summed E-state index contributed by atoms with van der Waals surface area (Å²) in [5.74, 6) is -0.872. The number of pyridine rings is 1. The van der Waals surface area contributed by atoms with Crippen LogP contribution in [0.15, 0.2) is 40.5 Å². The summed E-state index contributed by atoms with van der Waals surface area (Å²) in [6.45, 7) is 2.05. The molecule has 0 aliphatic carbocycles. The second kappa shape index (κ2) is 5.89. The fourth-order valence-electron chi connectivity index (χ4n) is 2.46. The third kappa shape index (κ3) is 2.61. The Kier molecular flexibility index (Phi) is 3.92. The predicted octanol–water partition coefficient (Wildman–Crippen LogP) is 3.12. The highest BCUT2D eigenvalue weighted by molar-refractivity contribution is 7.17. The number of hydrogen-bond acceptors (Lipinski definition) is 4. The number of nitrogens with one attached hydrogen (secondary N) is 1. The van der Waals surface area contributed by atoms with E-state index in [1.54, 1.807) is 30.6 Å². The highest BCUT2D eigenvalue weighted by Gasteiger charge is 2.21. The Morgan fingerprint density at radius 3 is 2.61 bits per heavy atom. The van der Waals surface area contributed by atoms with Crippen LogP contribution in [0, 0.1) is 0 Å². The fourth-order valence-corrected chi connectivity index (χ4v) is 3.33. The van der Waals surface area contributed by atoms with Crippen LogP contribution in [0.3, 0.4) is 0 Å². The number of amides is 1. The topological polar surface area (TPSA) is 71.3 Å². The molecule has 0 atom stereocenters. The van der Waals surface area contributed by atoms with E-state index in [1.165, 1.54) is 15.9 Å².